The summed E-state index contributed by atoms with van der Waals surface area (Å²) in [4.78, 5) is 14.6. The van der Waals surface area contributed by atoms with E-state index < -0.39 is 0 Å². The Hall–Kier alpha value is -0.480. The molecular weight excluding hydrogens is 331 g/mol. The van der Waals surface area contributed by atoms with Crippen LogP contribution in [-0.4, -0.2) is 29.9 Å². The smallest absolute Gasteiger partial charge is 0.230 e. The topological polar surface area (TPSA) is 46.3 Å². The lowest BCUT2D eigenvalue weighted by Gasteiger charge is -2.25. The molecule has 0 aromatic heterocycles. The number of amides is 1. The minimum absolute atomic E-state index is 0. The molecule has 1 saturated heterocycles. The predicted octanol–water partition coefficient (Wildman–Crippen LogP) is 3.71. The first-order chi connectivity index (χ1) is 9.43. The fourth-order valence-electron chi connectivity index (χ4n) is 2.79. The van der Waals surface area contributed by atoms with Crippen LogP contribution in [0.25, 0.3) is 0 Å². The molecule has 2 rings (SSSR count). The van der Waals surface area contributed by atoms with E-state index >= 15 is 0 Å². The minimum atomic E-state index is -0.219. The van der Waals surface area contributed by atoms with Crippen LogP contribution >= 0.6 is 35.6 Å². The van der Waals surface area contributed by atoms with Gasteiger partial charge in [0.25, 0.3) is 0 Å². The number of hydrogen-bond donors (Lipinski definition) is 1. The first-order valence-electron chi connectivity index (χ1n) is 6.89. The number of nitrogens with two attached hydrogens (primary N) is 1. The fourth-order valence-corrected chi connectivity index (χ4v) is 3.10. The van der Waals surface area contributed by atoms with Crippen LogP contribution in [0.4, 0.5) is 0 Å². The van der Waals surface area contributed by atoms with Gasteiger partial charge in [-0.25, -0.2) is 0 Å². The van der Waals surface area contributed by atoms with Gasteiger partial charge in [0.2, 0.25) is 5.91 Å². The molecule has 118 valence electrons. The molecular formula is C15H21Cl3N2O. The van der Waals surface area contributed by atoms with Crippen molar-refractivity contribution in [1.29, 1.82) is 0 Å². The van der Waals surface area contributed by atoms with E-state index in [1.54, 1.807) is 12.1 Å². The Morgan fingerprint density at radius 1 is 1.43 bits per heavy atom. The Bertz CT molecular complexity index is 510. The predicted molar refractivity (Wildman–Crippen MR) is 90.5 cm³/mol. The largest absolute Gasteiger partial charge is 0.339 e. The van der Waals surface area contributed by atoms with Gasteiger partial charge in [-0.1, -0.05) is 29.3 Å². The second-order valence-corrected chi connectivity index (χ2v) is 6.39. The summed E-state index contributed by atoms with van der Waals surface area (Å²) in [6, 6.07) is 5.62. The molecule has 1 aromatic carbocycles. The quantitative estimate of drug-likeness (QED) is 0.902. The third-order valence-electron chi connectivity index (χ3n) is 4.09. The molecule has 0 bridgehead atoms. The van der Waals surface area contributed by atoms with E-state index in [9.17, 15) is 4.79 Å². The summed E-state index contributed by atoms with van der Waals surface area (Å²) in [5, 5.41) is 0.992. The highest BCUT2D eigenvalue weighted by molar-refractivity contribution is 6.42. The molecule has 1 amide bonds. The first-order valence-corrected chi connectivity index (χ1v) is 7.65. The number of hydrogen-bond acceptors (Lipinski definition) is 2. The summed E-state index contributed by atoms with van der Waals surface area (Å²) in [7, 11) is 0. The summed E-state index contributed by atoms with van der Waals surface area (Å²) >= 11 is 11.9. The van der Waals surface area contributed by atoms with Gasteiger partial charge >= 0.3 is 0 Å². The third-order valence-corrected chi connectivity index (χ3v) is 4.83. The summed E-state index contributed by atoms with van der Waals surface area (Å²) < 4.78 is 0. The van der Waals surface area contributed by atoms with Gasteiger partial charge in [0.1, 0.15) is 0 Å². The second-order valence-electron chi connectivity index (χ2n) is 5.57. The van der Waals surface area contributed by atoms with E-state index in [1.807, 2.05) is 17.9 Å². The maximum absolute atomic E-state index is 12.6. The lowest BCUT2D eigenvalue weighted by atomic mass is 9.99. The molecule has 3 unspecified atom stereocenters. The first kappa shape index (κ1) is 18.6. The van der Waals surface area contributed by atoms with Crippen LogP contribution < -0.4 is 5.73 Å². The highest BCUT2D eigenvalue weighted by Crippen LogP contribution is 2.30. The molecule has 1 heterocycles. The zero-order chi connectivity index (χ0) is 14.9. The molecule has 3 atom stereocenters. The van der Waals surface area contributed by atoms with Crippen LogP contribution in [0, 0.1) is 5.92 Å². The number of rotatable bonds is 3. The van der Waals surface area contributed by atoms with Crippen LogP contribution in [0.5, 0.6) is 0 Å². The van der Waals surface area contributed by atoms with Crippen LogP contribution in [0.3, 0.4) is 0 Å². The van der Waals surface area contributed by atoms with Crippen molar-refractivity contribution in [3.63, 3.8) is 0 Å². The average molecular weight is 352 g/mol. The molecule has 3 nitrogen and oxygen atoms in total. The number of halogens is 3. The molecule has 0 saturated carbocycles. The average Bonchev–Trinajstić information content (AvgIpc) is 2.81. The molecule has 1 aromatic rings. The van der Waals surface area contributed by atoms with Gasteiger partial charge < -0.3 is 10.6 Å². The van der Waals surface area contributed by atoms with Crippen LogP contribution in [0.2, 0.25) is 10.0 Å². The van der Waals surface area contributed by atoms with Gasteiger partial charge in [-0.3, -0.25) is 4.79 Å². The van der Waals surface area contributed by atoms with Crippen molar-refractivity contribution in [2.24, 2.45) is 11.7 Å². The maximum Gasteiger partial charge on any atom is 0.230 e. The van der Waals surface area contributed by atoms with E-state index in [0.29, 0.717) is 22.5 Å². The molecule has 1 aliphatic rings. The second kappa shape index (κ2) is 7.68. The molecule has 0 aliphatic carbocycles. The fraction of sp³-hybridized carbons (Fsp3) is 0.533. The van der Waals surface area contributed by atoms with Crippen LogP contribution in [0.1, 0.15) is 31.7 Å². The number of carbonyl (C=O) groups is 1. The molecule has 0 spiro atoms. The Morgan fingerprint density at radius 2 is 2.10 bits per heavy atom. The number of carbonyl (C=O) groups excluding carboxylic acids is 1. The minimum Gasteiger partial charge on any atom is -0.339 e. The van der Waals surface area contributed by atoms with Gasteiger partial charge in [0.05, 0.1) is 16.0 Å². The van der Waals surface area contributed by atoms with Crippen molar-refractivity contribution >= 4 is 41.5 Å². The Morgan fingerprint density at radius 3 is 2.62 bits per heavy atom. The van der Waals surface area contributed by atoms with Crippen molar-refractivity contribution in [1.82, 2.24) is 4.90 Å². The van der Waals surface area contributed by atoms with E-state index in [4.69, 9.17) is 28.9 Å². The molecule has 1 fully saturated rings. The molecule has 2 N–H and O–H groups in total. The number of nitrogens with zero attached hydrogens (tertiary/aromatic N) is 1. The standard InChI is InChI=1S/C15H20Cl2N2O.ClH/c1-9-5-11(7-18)8-19(9)15(20)10(2)12-3-4-13(16)14(17)6-12;/h3-4,6,9-11H,5,7-8,18H2,1-2H3;1H. The third kappa shape index (κ3) is 4.04. The Kier molecular flexibility index (Phi) is 6.79. The zero-order valence-corrected chi connectivity index (χ0v) is 14.5. The van der Waals surface area contributed by atoms with E-state index in [-0.39, 0.29) is 30.3 Å². The molecule has 0 radical (unpaired) electrons. The normalized spacial score (nSPS) is 22.8. The summed E-state index contributed by atoms with van der Waals surface area (Å²) in [5.74, 6) is 0.325. The highest BCUT2D eigenvalue weighted by Gasteiger charge is 2.34. The monoisotopic (exact) mass is 350 g/mol. The summed E-state index contributed by atoms with van der Waals surface area (Å²) in [5.41, 5.74) is 6.61. The van der Waals surface area contributed by atoms with Crippen LogP contribution in [-0.2, 0) is 4.79 Å². The van der Waals surface area contributed by atoms with Crippen molar-refractivity contribution in [2.75, 3.05) is 13.1 Å². The van der Waals surface area contributed by atoms with E-state index in [1.165, 1.54) is 0 Å². The van der Waals surface area contributed by atoms with Gasteiger partial charge in [-0.05, 0) is 50.4 Å². The van der Waals surface area contributed by atoms with Crippen molar-refractivity contribution in [3.8, 4) is 0 Å². The van der Waals surface area contributed by atoms with Crippen molar-refractivity contribution in [2.45, 2.75) is 32.2 Å². The van der Waals surface area contributed by atoms with Gasteiger partial charge in [-0.2, -0.15) is 0 Å². The summed E-state index contributed by atoms with van der Waals surface area (Å²) in [6.07, 6.45) is 0.982. The zero-order valence-electron chi connectivity index (χ0n) is 12.2. The van der Waals surface area contributed by atoms with Gasteiger partial charge in [-0.15, -0.1) is 12.4 Å². The lowest BCUT2D eigenvalue weighted by molar-refractivity contribution is -0.133. The molecule has 1 aliphatic heterocycles. The van der Waals surface area contributed by atoms with Crippen molar-refractivity contribution in [3.05, 3.63) is 33.8 Å². The van der Waals surface area contributed by atoms with Gasteiger partial charge in [0.15, 0.2) is 0 Å². The highest BCUT2D eigenvalue weighted by atomic mass is 35.5. The maximum atomic E-state index is 12.6. The molecule has 6 heteroatoms. The summed E-state index contributed by atoms with van der Waals surface area (Å²) in [6.45, 7) is 5.37. The number of likely N-dealkylation sites (tertiary alicyclic amines) is 1. The Labute approximate surface area is 142 Å². The van der Waals surface area contributed by atoms with Gasteiger partial charge in [0, 0.05) is 12.6 Å². The number of benzene rings is 1. The lowest BCUT2D eigenvalue weighted by Crippen LogP contribution is -2.37. The van der Waals surface area contributed by atoms with E-state index in [0.717, 1.165) is 18.5 Å². The Balaban J connectivity index is 0.00000220. The van der Waals surface area contributed by atoms with Crippen LogP contribution in [0.15, 0.2) is 18.2 Å². The van der Waals surface area contributed by atoms with Crippen molar-refractivity contribution < 1.29 is 4.79 Å². The molecule has 21 heavy (non-hydrogen) atoms. The van der Waals surface area contributed by atoms with E-state index in [2.05, 4.69) is 6.92 Å². The SMILES string of the molecule is CC(C(=O)N1CC(CN)CC1C)c1ccc(Cl)c(Cl)c1.Cl.